The number of carbonyl (C=O) groups excluding carboxylic acids is 3. The highest BCUT2D eigenvalue weighted by atomic mass is 16.5. The molecule has 0 fully saturated rings. The van der Waals surface area contributed by atoms with E-state index in [1.807, 2.05) is 91.0 Å². The van der Waals surface area contributed by atoms with Gasteiger partial charge in [0.25, 0.3) is 11.8 Å². The maximum atomic E-state index is 13.5. The number of hydrogen-bond donors (Lipinski definition) is 2. The molecule has 2 amide bonds. The molecule has 1 aromatic heterocycles. The van der Waals surface area contributed by atoms with Crippen molar-refractivity contribution in [2.45, 2.75) is 12.6 Å². The summed E-state index contributed by atoms with van der Waals surface area (Å²) >= 11 is 0. The SMILES string of the molecule is COC(=O)CNC(=O)c1ncc(C(=O)NC(c2ccccc2)c2ccccc2)c(OCc2ccccc2)n1. The smallest absolute Gasteiger partial charge is 0.325 e. The lowest BCUT2D eigenvalue weighted by molar-refractivity contribution is -0.139. The van der Waals surface area contributed by atoms with Crippen LogP contribution in [0.25, 0.3) is 0 Å². The second-order valence-corrected chi connectivity index (χ2v) is 8.17. The molecule has 0 aliphatic carbocycles. The number of nitrogens with zero attached hydrogens (tertiary/aromatic N) is 2. The summed E-state index contributed by atoms with van der Waals surface area (Å²) < 4.78 is 10.4. The molecule has 0 aliphatic heterocycles. The van der Waals surface area contributed by atoms with Crippen LogP contribution in [0, 0.1) is 0 Å². The largest absolute Gasteiger partial charge is 0.472 e. The van der Waals surface area contributed by atoms with E-state index in [2.05, 4.69) is 25.3 Å². The van der Waals surface area contributed by atoms with E-state index in [9.17, 15) is 14.4 Å². The topological polar surface area (TPSA) is 120 Å². The Kier molecular flexibility index (Phi) is 8.75. The molecule has 0 unspecified atom stereocenters. The van der Waals surface area contributed by atoms with Crippen LogP contribution in [0.2, 0.25) is 0 Å². The highest BCUT2D eigenvalue weighted by Gasteiger charge is 2.23. The first-order valence-electron chi connectivity index (χ1n) is 11.8. The molecule has 4 rings (SSSR count). The Bertz CT molecular complexity index is 1340. The summed E-state index contributed by atoms with van der Waals surface area (Å²) in [6.07, 6.45) is 1.24. The second kappa shape index (κ2) is 12.8. The van der Waals surface area contributed by atoms with Crippen LogP contribution in [-0.2, 0) is 16.1 Å². The number of esters is 1. The Morgan fingerprint density at radius 2 is 1.39 bits per heavy atom. The molecule has 0 aliphatic rings. The monoisotopic (exact) mass is 510 g/mol. The zero-order valence-corrected chi connectivity index (χ0v) is 20.7. The third-order valence-electron chi connectivity index (χ3n) is 5.58. The van der Waals surface area contributed by atoms with Gasteiger partial charge in [-0.1, -0.05) is 91.0 Å². The first-order chi connectivity index (χ1) is 18.5. The van der Waals surface area contributed by atoms with Crippen LogP contribution < -0.4 is 15.4 Å². The average Bonchev–Trinajstić information content (AvgIpc) is 2.98. The first-order valence-corrected chi connectivity index (χ1v) is 11.8. The van der Waals surface area contributed by atoms with Gasteiger partial charge in [0.15, 0.2) is 0 Å². The minimum absolute atomic E-state index is 0.0577. The van der Waals surface area contributed by atoms with E-state index in [1.165, 1.54) is 13.3 Å². The standard InChI is InChI=1S/C29H26N4O5/c1-37-24(34)18-31-28(36)26-30-17-23(29(33-26)38-19-20-11-5-2-6-12-20)27(35)32-25(21-13-7-3-8-14-21)22-15-9-4-10-16-22/h2-17,25H,18-19H2,1H3,(H,31,36)(H,32,35). The van der Waals surface area contributed by atoms with E-state index in [0.717, 1.165) is 16.7 Å². The molecule has 0 saturated carbocycles. The van der Waals surface area contributed by atoms with Crippen molar-refractivity contribution in [3.8, 4) is 5.88 Å². The Morgan fingerprint density at radius 1 is 0.816 bits per heavy atom. The number of benzene rings is 3. The third-order valence-corrected chi connectivity index (χ3v) is 5.58. The van der Waals surface area contributed by atoms with E-state index in [1.54, 1.807) is 0 Å². The molecule has 192 valence electrons. The Balaban J connectivity index is 1.63. The van der Waals surface area contributed by atoms with Gasteiger partial charge in [0.05, 0.1) is 13.2 Å². The third kappa shape index (κ3) is 6.79. The molecule has 0 saturated heterocycles. The highest BCUT2D eigenvalue weighted by molar-refractivity contribution is 5.98. The fourth-order valence-electron chi connectivity index (χ4n) is 3.63. The summed E-state index contributed by atoms with van der Waals surface area (Å²) in [5.74, 6) is -2.13. The van der Waals surface area contributed by atoms with Gasteiger partial charge in [0.2, 0.25) is 11.7 Å². The van der Waals surface area contributed by atoms with Crippen LogP contribution in [0.15, 0.2) is 97.2 Å². The molecule has 9 nitrogen and oxygen atoms in total. The van der Waals surface area contributed by atoms with E-state index in [4.69, 9.17) is 4.74 Å². The number of amides is 2. The lowest BCUT2D eigenvalue weighted by atomic mass is 9.98. The maximum absolute atomic E-state index is 13.5. The van der Waals surface area contributed by atoms with Crippen molar-refractivity contribution in [3.05, 3.63) is 125 Å². The number of rotatable bonds is 10. The number of nitrogens with one attached hydrogen (secondary N) is 2. The number of hydrogen-bond acceptors (Lipinski definition) is 7. The van der Waals surface area contributed by atoms with Crippen molar-refractivity contribution >= 4 is 17.8 Å². The van der Waals surface area contributed by atoms with Crippen LogP contribution >= 0.6 is 0 Å². The lowest BCUT2D eigenvalue weighted by Crippen LogP contribution is -2.32. The molecule has 2 N–H and O–H groups in total. The average molecular weight is 511 g/mol. The molecule has 0 radical (unpaired) electrons. The molecular weight excluding hydrogens is 484 g/mol. The van der Waals surface area contributed by atoms with Gasteiger partial charge in [0.1, 0.15) is 18.7 Å². The van der Waals surface area contributed by atoms with Gasteiger partial charge in [-0.15, -0.1) is 0 Å². The molecule has 4 aromatic rings. The Labute approximate surface area is 219 Å². The Morgan fingerprint density at radius 3 is 1.97 bits per heavy atom. The summed E-state index contributed by atoms with van der Waals surface area (Å²) in [5.41, 5.74) is 2.68. The van der Waals surface area contributed by atoms with Crippen molar-refractivity contribution in [3.63, 3.8) is 0 Å². The quantitative estimate of drug-likeness (QED) is 0.314. The molecule has 38 heavy (non-hydrogen) atoms. The van der Waals surface area contributed by atoms with Gasteiger partial charge >= 0.3 is 5.97 Å². The molecule has 0 bridgehead atoms. The van der Waals surface area contributed by atoms with Gasteiger partial charge in [0, 0.05) is 6.20 Å². The lowest BCUT2D eigenvalue weighted by Gasteiger charge is -2.20. The number of methoxy groups -OCH3 is 1. The zero-order chi connectivity index (χ0) is 26.7. The minimum atomic E-state index is -0.710. The summed E-state index contributed by atoms with van der Waals surface area (Å²) in [6, 6.07) is 28.0. The van der Waals surface area contributed by atoms with E-state index in [0.29, 0.717) is 0 Å². The summed E-state index contributed by atoms with van der Waals surface area (Å²) in [5, 5.41) is 5.42. The van der Waals surface area contributed by atoms with Crippen LogP contribution in [0.5, 0.6) is 5.88 Å². The predicted octanol–water partition coefficient (Wildman–Crippen LogP) is 3.48. The van der Waals surface area contributed by atoms with Crippen LogP contribution in [-0.4, -0.2) is 41.4 Å². The molecule has 1 heterocycles. The molecule has 0 atom stereocenters. The molecular formula is C29H26N4O5. The zero-order valence-electron chi connectivity index (χ0n) is 20.7. The van der Waals surface area contributed by atoms with Crippen molar-refractivity contribution in [2.24, 2.45) is 0 Å². The van der Waals surface area contributed by atoms with E-state index < -0.39 is 23.8 Å². The maximum Gasteiger partial charge on any atom is 0.325 e. The Hall–Kier alpha value is -5.05. The van der Waals surface area contributed by atoms with Crippen molar-refractivity contribution in [2.75, 3.05) is 13.7 Å². The van der Waals surface area contributed by atoms with Crippen LogP contribution in [0.4, 0.5) is 0 Å². The summed E-state index contributed by atoms with van der Waals surface area (Å²) in [4.78, 5) is 45.7. The minimum Gasteiger partial charge on any atom is -0.472 e. The second-order valence-electron chi connectivity index (χ2n) is 8.17. The van der Waals surface area contributed by atoms with E-state index >= 15 is 0 Å². The van der Waals surface area contributed by atoms with Gasteiger partial charge in [-0.05, 0) is 16.7 Å². The van der Waals surface area contributed by atoms with Gasteiger partial charge in [-0.2, -0.15) is 4.98 Å². The highest BCUT2D eigenvalue weighted by Crippen LogP contribution is 2.24. The van der Waals surface area contributed by atoms with Crippen molar-refractivity contribution < 1.29 is 23.9 Å². The van der Waals surface area contributed by atoms with Crippen molar-refractivity contribution in [1.82, 2.24) is 20.6 Å². The molecule has 0 spiro atoms. The number of carbonyl (C=O) groups is 3. The predicted molar refractivity (Wildman–Crippen MR) is 139 cm³/mol. The first kappa shape index (κ1) is 26.0. The van der Waals surface area contributed by atoms with Crippen LogP contribution in [0.1, 0.15) is 43.7 Å². The fourth-order valence-corrected chi connectivity index (χ4v) is 3.63. The van der Waals surface area contributed by atoms with Gasteiger partial charge in [-0.3, -0.25) is 14.4 Å². The number of aromatic nitrogens is 2. The van der Waals surface area contributed by atoms with Crippen LogP contribution in [0.3, 0.4) is 0 Å². The van der Waals surface area contributed by atoms with Gasteiger partial charge < -0.3 is 20.1 Å². The van der Waals surface area contributed by atoms with Crippen molar-refractivity contribution in [1.29, 1.82) is 0 Å². The normalized spacial score (nSPS) is 10.5. The van der Waals surface area contributed by atoms with Gasteiger partial charge in [-0.25, -0.2) is 4.98 Å². The van der Waals surface area contributed by atoms with E-state index in [-0.39, 0.29) is 30.4 Å². The number of ether oxygens (including phenoxy) is 2. The summed E-state index contributed by atoms with van der Waals surface area (Å²) in [7, 11) is 1.21. The molecule has 9 heteroatoms. The fraction of sp³-hybridized carbons (Fsp3) is 0.138. The summed E-state index contributed by atoms with van der Waals surface area (Å²) in [6.45, 7) is -0.237. The molecule has 3 aromatic carbocycles.